The van der Waals surface area contributed by atoms with Crippen molar-refractivity contribution in [2.75, 3.05) is 32.8 Å². The molecule has 0 aromatic heterocycles. The van der Waals surface area contributed by atoms with Gasteiger partial charge in [0.1, 0.15) is 18.5 Å². The molecule has 0 unspecified atom stereocenters. The Kier molecular flexibility index (Phi) is 15.7. The van der Waals surface area contributed by atoms with E-state index in [4.69, 9.17) is 9.84 Å². The average molecular weight is 492 g/mol. The lowest BCUT2D eigenvalue weighted by molar-refractivity contribution is -0.0854. The molecule has 32 heavy (non-hydrogen) atoms. The number of rotatable bonds is 18. The molecule has 0 aliphatic heterocycles. The van der Waals surface area contributed by atoms with Crippen LogP contribution < -0.4 is 4.74 Å². The molecule has 0 radical (unpaired) electrons. The number of hydrogen-bond donors (Lipinski definition) is 7. The zero-order valence-electron chi connectivity index (χ0n) is 19.0. The summed E-state index contributed by atoms with van der Waals surface area (Å²) in [5, 5.41) is 49.1. The molecule has 0 fully saturated rings. The minimum Gasteiger partial charge on any atom is -0.492 e. The highest BCUT2D eigenvalue weighted by molar-refractivity contribution is 7.79. The molecule has 0 aliphatic rings. The number of ether oxygens (including phenoxy) is 1. The van der Waals surface area contributed by atoms with Gasteiger partial charge in [0, 0.05) is 31.0 Å². The number of unbranched alkanes of at least 4 members (excludes halogenated alkanes) is 3. The lowest BCUT2D eigenvalue weighted by Gasteiger charge is -2.29. The van der Waals surface area contributed by atoms with Crippen molar-refractivity contribution in [3.8, 4) is 5.75 Å². The predicted octanol–water partition coefficient (Wildman–Crippen LogP) is 1.63. The average Bonchev–Trinajstić information content (AvgIpc) is 2.80. The highest BCUT2D eigenvalue weighted by Gasteiger charge is 2.28. The maximum Gasteiger partial charge on any atom is 0.119 e. The van der Waals surface area contributed by atoms with Crippen molar-refractivity contribution in [2.24, 2.45) is 0 Å². The van der Waals surface area contributed by atoms with Gasteiger partial charge in [-0.05, 0) is 36.2 Å². The Balaban J connectivity index is 2.65. The van der Waals surface area contributed by atoms with E-state index in [-0.39, 0.29) is 13.0 Å². The van der Waals surface area contributed by atoms with Crippen molar-refractivity contribution in [1.82, 2.24) is 4.90 Å². The second-order valence-electron chi connectivity index (χ2n) is 8.15. The first kappa shape index (κ1) is 29.5. The third kappa shape index (κ3) is 11.1. The van der Waals surface area contributed by atoms with Gasteiger partial charge in [-0.1, -0.05) is 32.3 Å². The number of aliphatic hydroxyl groups is 5. The van der Waals surface area contributed by atoms with Crippen LogP contribution in [0.1, 0.15) is 50.2 Å². The fourth-order valence-electron chi connectivity index (χ4n) is 3.46. The summed E-state index contributed by atoms with van der Waals surface area (Å²) in [5.41, 5.74) is 2.20. The Labute approximate surface area is 203 Å². The number of thiol groups is 2. The normalized spacial score (nSPS) is 15.5. The number of aliphatic hydroxyl groups excluding tert-OH is 5. The third-order valence-corrected chi connectivity index (χ3v) is 6.16. The van der Waals surface area contributed by atoms with Crippen LogP contribution in [0.5, 0.6) is 5.75 Å². The molecule has 0 heterocycles. The van der Waals surface area contributed by atoms with Gasteiger partial charge in [-0.3, -0.25) is 4.90 Å². The summed E-state index contributed by atoms with van der Waals surface area (Å²) in [6, 6.07) is 5.86. The van der Waals surface area contributed by atoms with Crippen LogP contribution in [0.15, 0.2) is 18.2 Å². The molecule has 1 aromatic carbocycles. The van der Waals surface area contributed by atoms with E-state index in [0.29, 0.717) is 24.7 Å². The van der Waals surface area contributed by atoms with Crippen molar-refractivity contribution in [3.05, 3.63) is 29.3 Å². The maximum atomic E-state index is 10.4. The Bertz CT molecular complexity index is 624. The van der Waals surface area contributed by atoms with Crippen LogP contribution in [0.4, 0.5) is 0 Å². The summed E-state index contributed by atoms with van der Waals surface area (Å²) in [4.78, 5) is 2.01. The van der Waals surface area contributed by atoms with Gasteiger partial charge in [-0.15, -0.1) is 0 Å². The Hall–Kier alpha value is -0.520. The molecule has 0 spiro atoms. The van der Waals surface area contributed by atoms with Crippen LogP contribution in [-0.4, -0.2) is 87.7 Å². The summed E-state index contributed by atoms with van der Waals surface area (Å²) in [6.45, 7) is 3.51. The summed E-state index contributed by atoms with van der Waals surface area (Å²) in [6.07, 6.45) is -0.968. The van der Waals surface area contributed by atoms with Crippen LogP contribution in [0.2, 0.25) is 0 Å². The molecule has 0 aliphatic carbocycles. The Morgan fingerprint density at radius 3 is 2.28 bits per heavy atom. The minimum atomic E-state index is -1.41. The first-order valence-corrected chi connectivity index (χ1v) is 12.6. The van der Waals surface area contributed by atoms with Crippen LogP contribution in [-0.2, 0) is 11.5 Å². The van der Waals surface area contributed by atoms with E-state index in [1.807, 2.05) is 23.1 Å². The maximum absolute atomic E-state index is 10.4. The first-order valence-electron chi connectivity index (χ1n) is 11.4. The van der Waals surface area contributed by atoms with E-state index >= 15 is 0 Å². The summed E-state index contributed by atoms with van der Waals surface area (Å²) in [5.74, 6) is 2.00. The Morgan fingerprint density at radius 2 is 1.66 bits per heavy atom. The van der Waals surface area contributed by atoms with Gasteiger partial charge < -0.3 is 30.3 Å². The topological polar surface area (TPSA) is 114 Å². The van der Waals surface area contributed by atoms with Crippen LogP contribution in [0, 0.1) is 0 Å². The molecule has 0 saturated carbocycles. The van der Waals surface area contributed by atoms with E-state index < -0.39 is 31.0 Å². The molecule has 9 heteroatoms. The molecular weight excluding hydrogens is 450 g/mol. The highest BCUT2D eigenvalue weighted by Crippen LogP contribution is 2.21. The second kappa shape index (κ2) is 17.0. The number of hydrogen-bond acceptors (Lipinski definition) is 9. The fourth-order valence-corrected chi connectivity index (χ4v) is 4.07. The van der Waals surface area contributed by atoms with Gasteiger partial charge in [-0.25, -0.2) is 0 Å². The third-order valence-electron chi connectivity index (χ3n) is 5.48. The summed E-state index contributed by atoms with van der Waals surface area (Å²) in [7, 11) is 0. The zero-order valence-corrected chi connectivity index (χ0v) is 20.8. The van der Waals surface area contributed by atoms with Crippen molar-refractivity contribution in [3.63, 3.8) is 0 Å². The van der Waals surface area contributed by atoms with Gasteiger partial charge in [0.25, 0.3) is 0 Å². The lowest BCUT2D eigenvalue weighted by atomic mass is 10.0. The summed E-state index contributed by atoms with van der Waals surface area (Å²) >= 11 is 8.69. The van der Waals surface area contributed by atoms with E-state index in [2.05, 4.69) is 32.2 Å². The van der Waals surface area contributed by atoms with E-state index in [1.165, 1.54) is 0 Å². The number of benzene rings is 1. The van der Waals surface area contributed by atoms with Crippen LogP contribution in [0.25, 0.3) is 0 Å². The Morgan fingerprint density at radius 1 is 0.938 bits per heavy atom. The van der Waals surface area contributed by atoms with Gasteiger partial charge >= 0.3 is 0 Å². The van der Waals surface area contributed by atoms with Crippen LogP contribution in [0.3, 0.4) is 0 Å². The van der Waals surface area contributed by atoms with Gasteiger partial charge in [-0.2, -0.15) is 25.3 Å². The molecule has 0 saturated heterocycles. The minimum absolute atomic E-state index is 0.170. The molecule has 4 atom stereocenters. The highest BCUT2D eigenvalue weighted by atomic mass is 32.1. The van der Waals surface area contributed by atoms with Gasteiger partial charge in [0.15, 0.2) is 0 Å². The first-order chi connectivity index (χ1) is 15.4. The van der Waals surface area contributed by atoms with Crippen molar-refractivity contribution >= 4 is 25.3 Å². The van der Waals surface area contributed by atoms with Crippen molar-refractivity contribution < 1.29 is 30.3 Å². The standard InChI is InChI=1S/C23H41NO6S2/c1-2-3-4-5-8-24(13-22(28)23(29)21(27)12-19(26)14-25)9-10-30-20-7-6-17(15-31)18(11-20)16-32/h6-7,11,19,21-23,25-29,31-32H,2-5,8-10,12-16H2,1H3/t19-,21+,22-,23-/m0/s1. The molecule has 186 valence electrons. The molecule has 0 amide bonds. The van der Waals surface area contributed by atoms with E-state index in [0.717, 1.165) is 49.1 Å². The monoisotopic (exact) mass is 491 g/mol. The molecule has 1 rings (SSSR count). The van der Waals surface area contributed by atoms with E-state index in [1.54, 1.807) is 0 Å². The van der Waals surface area contributed by atoms with Crippen molar-refractivity contribution in [2.45, 2.75) is 74.9 Å². The lowest BCUT2D eigenvalue weighted by Crippen LogP contribution is -2.46. The summed E-state index contributed by atoms with van der Waals surface area (Å²) < 4.78 is 5.91. The fraction of sp³-hybridized carbons (Fsp3) is 0.739. The van der Waals surface area contributed by atoms with Gasteiger partial charge in [0.2, 0.25) is 0 Å². The molecule has 0 bridgehead atoms. The van der Waals surface area contributed by atoms with Crippen molar-refractivity contribution in [1.29, 1.82) is 0 Å². The molecular formula is C23H41NO6S2. The SMILES string of the molecule is CCCCCCN(CCOc1ccc(CS)c(CS)c1)C[C@H](O)[C@@H](O)[C@H](O)C[C@H](O)CO. The number of nitrogens with zero attached hydrogens (tertiary/aromatic N) is 1. The predicted molar refractivity (Wildman–Crippen MR) is 134 cm³/mol. The zero-order chi connectivity index (χ0) is 23.9. The quantitative estimate of drug-likeness (QED) is 0.123. The van der Waals surface area contributed by atoms with Gasteiger partial charge in [0.05, 0.1) is 24.9 Å². The molecule has 1 aromatic rings. The molecule has 7 nitrogen and oxygen atoms in total. The largest absolute Gasteiger partial charge is 0.492 e. The second-order valence-corrected chi connectivity index (χ2v) is 8.79. The smallest absolute Gasteiger partial charge is 0.119 e. The molecule has 5 N–H and O–H groups in total. The van der Waals surface area contributed by atoms with E-state index in [9.17, 15) is 20.4 Å². The van der Waals surface area contributed by atoms with Crippen LogP contribution >= 0.6 is 25.3 Å².